The molecular weight excluding hydrogens is 288 g/mol. The van der Waals surface area contributed by atoms with Gasteiger partial charge >= 0.3 is 0 Å². The van der Waals surface area contributed by atoms with Gasteiger partial charge in [0, 0.05) is 23.7 Å². The van der Waals surface area contributed by atoms with Crippen molar-refractivity contribution < 1.29 is 9.21 Å². The number of carbonyl (C=O) groups is 1. The smallest absolute Gasteiger partial charge is 0.251 e. The predicted octanol–water partition coefficient (Wildman–Crippen LogP) is 3.64. The maximum absolute atomic E-state index is 12.2. The molecule has 0 fully saturated rings. The summed E-state index contributed by atoms with van der Waals surface area (Å²) in [6, 6.07) is 7.23. The molecular formula is C16H19ClN2O2. The number of rotatable bonds is 6. The number of aromatic nitrogens is 1. The average Bonchev–Trinajstić information content (AvgIpc) is 2.97. The number of halogens is 1. The molecule has 0 aromatic carbocycles. The second kappa shape index (κ2) is 7.27. The molecule has 0 spiro atoms. The lowest BCUT2D eigenvalue weighted by molar-refractivity contribution is 0.0938. The lowest BCUT2D eigenvalue weighted by Gasteiger charge is -2.13. The van der Waals surface area contributed by atoms with E-state index in [0.717, 1.165) is 30.7 Å². The average molecular weight is 307 g/mol. The molecule has 1 N–H and O–H groups in total. The van der Waals surface area contributed by atoms with Gasteiger partial charge in [0.05, 0.1) is 6.26 Å². The zero-order valence-corrected chi connectivity index (χ0v) is 13.0. The largest absolute Gasteiger partial charge is 0.469 e. The van der Waals surface area contributed by atoms with Crippen molar-refractivity contribution >= 4 is 17.5 Å². The zero-order chi connectivity index (χ0) is 15.2. The summed E-state index contributed by atoms with van der Waals surface area (Å²) in [6.45, 7) is 3.96. The second-order valence-electron chi connectivity index (χ2n) is 5.02. The van der Waals surface area contributed by atoms with E-state index in [0.29, 0.717) is 10.7 Å². The van der Waals surface area contributed by atoms with Crippen LogP contribution in [0.25, 0.3) is 0 Å². The zero-order valence-electron chi connectivity index (χ0n) is 12.2. The number of aryl methyl sites for hydroxylation is 2. The molecule has 2 aromatic heterocycles. The molecule has 2 aromatic rings. The Bertz CT molecular complexity index is 596. The molecule has 0 radical (unpaired) electrons. The highest BCUT2D eigenvalue weighted by Gasteiger charge is 2.12. The Labute approximate surface area is 129 Å². The minimum atomic E-state index is -0.124. The lowest BCUT2D eigenvalue weighted by atomic mass is 10.1. The van der Waals surface area contributed by atoms with E-state index in [-0.39, 0.29) is 11.9 Å². The van der Waals surface area contributed by atoms with E-state index in [1.54, 1.807) is 18.4 Å². The number of nitrogens with one attached hydrogen (secondary N) is 1. The molecule has 1 atom stereocenters. The van der Waals surface area contributed by atoms with E-state index in [1.165, 1.54) is 0 Å². The molecule has 4 nitrogen and oxygen atoms in total. The number of pyridine rings is 1. The first-order valence-corrected chi connectivity index (χ1v) is 7.46. The molecule has 0 saturated heterocycles. The maximum atomic E-state index is 12.2. The van der Waals surface area contributed by atoms with Gasteiger partial charge in [-0.2, -0.15) is 0 Å². The van der Waals surface area contributed by atoms with Crippen LogP contribution in [0.15, 0.2) is 34.9 Å². The van der Waals surface area contributed by atoms with Crippen LogP contribution in [-0.2, 0) is 12.8 Å². The van der Waals surface area contributed by atoms with Crippen LogP contribution in [0.5, 0.6) is 0 Å². The standard InChI is InChI=1S/C16H19ClN2O2/c1-3-13-9-12(10-15(17)19-13)16(20)18-11(2)6-7-14-5-4-8-21-14/h4-5,8-11H,3,6-7H2,1-2H3,(H,18,20). The van der Waals surface area contributed by atoms with Crippen molar-refractivity contribution in [2.45, 2.75) is 39.2 Å². The van der Waals surface area contributed by atoms with E-state index >= 15 is 0 Å². The first-order valence-electron chi connectivity index (χ1n) is 7.08. The number of hydrogen-bond acceptors (Lipinski definition) is 3. The maximum Gasteiger partial charge on any atom is 0.251 e. The van der Waals surface area contributed by atoms with Crippen LogP contribution in [0.3, 0.4) is 0 Å². The summed E-state index contributed by atoms with van der Waals surface area (Å²) in [6.07, 6.45) is 4.02. The number of nitrogens with zero attached hydrogens (tertiary/aromatic N) is 1. The molecule has 0 aliphatic heterocycles. The fourth-order valence-corrected chi connectivity index (χ4v) is 2.28. The fraction of sp³-hybridized carbons (Fsp3) is 0.375. The quantitative estimate of drug-likeness (QED) is 0.829. The van der Waals surface area contributed by atoms with Crippen molar-refractivity contribution in [3.63, 3.8) is 0 Å². The summed E-state index contributed by atoms with van der Waals surface area (Å²) in [5, 5.41) is 3.32. The van der Waals surface area contributed by atoms with E-state index in [4.69, 9.17) is 16.0 Å². The van der Waals surface area contributed by atoms with Crippen LogP contribution in [-0.4, -0.2) is 16.9 Å². The minimum Gasteiger partial charge on any atom is -0.469 e. The van der Waals surface area contributed by atoms with Crippen molar-refractivity contribution in [2.24, 2.45) is 0 Å². The highest BCUT2D eigenvalue weighted by atomic mass is 35.5. The molecule has 0 saturated carbocycles. The molecule has 1 amide bonds. The first kappa shape index (κ1) is 15.6. The Kier molecular flexibility index (Phi) is 5.39. The highest BCUT2D eigenvalue weighted by molar-refractivity contribution is 6.29. The van der Waals surface area contributed by atoms with Crippen LogP contribution in [0, 0.1) is 0 Å². The van der Waals surface area contributed by atoms with Gasteiger partial charge in [0.1, 0.15) is 10.9 Å². The van der Waals surface area contributed by atoms with Gasteiger partial charge in [0.25, 0.3) is 5.91 Å². The van der Waals surface area contributed by atoms with Crippen LogP contribution >= 0.6 is 11.6 Å². The molecule has 2 rings (SSSR count). The molecule has 1 unspecified atom stereocenters. The SMILES string of the molecule is CCc1cc(C(=O)NC(C)CCc2ccco2)cc(Cl)n1. The molecule has 2 heterocycles. The van der Waals surface area contributed by atoms with Crippen molar-refractivity contribution in [3.8, 4) is 0 Å². The molecule has 0 bridgehead atoms. The third kappa shape index (κ3) is 4.60. The van der Waals surface area contributed by atoms with Crippen molar-refractivity contribution in [2.75, 3.05) is 0 Å². The molecule has 0 aliphatic carbocycles. The summed E-state index contributed by atoms with van der Waals surface area (Å²) in [5.74, 6) is 0.803. The molecule has 21 heavy (non-hydrogen) atoms. The third-order valence-corrected chi connectivity index (χ3v) is 3.45. The first-order chi connectivity index (χ1) is 10.1. The summed E-state index contributed by atoms with van der Waals surface area (Å²) < 4.78 is 5.28. The second-order valence-corrected chi connectivity index (χ2v) is 5.40. The summed E-state index contributed by atoms with van der Waals surface area (Å²) >= 11 is 5.93. The number of hydrogen-bond donors (Lipinski definition) is 1. The van der Waals surface area contributed by atoms with Gasteiger partial charge in [-0.25, -0.2) is 4.98 Å². The van der Waals surface area contributed by atoms with E-state index in [9.17, 15) is 4.79 Å². The van der Waals surface area contributed by atoms with Crippen LogP contribution < -0.4 is 5.32 Å². The van der Waals surface area contributed by atoms with Crippen molar-refractivity contribution in [1.29, 1.82) is 0 Å². The Morgan fingerprint density at radius 1 is 1.48 bits per heavy atom. The van der Waals surface area contributed by atoms with Crippen LogP contribution in [0.1, 0.15) is 42.1 Å². The van der Waals surface area contributed by atoms with E-state index in [2.05, 4.69) is 10.3 Å². The minimum absolute atomic E-state index is 0.0552. The Balaban J connectivity index is 1.92. The molecule has 0 aliphatic rings. The van der Waals surface area contributed by atoms with E-state index in [1.807, 2.05) is 26.0 Å². The van der Waals surface area contributed by atoms with Crippen LogP contribution in [0.2, 0.25) is 5.15 Å². The summed E-state index contributed by atoms with van der Waals surface area (Å²) in [5.41, 5.74) is 1.37. The Morgan fingerprint density at radius 2 is 2.29 bits per heavy atom. The Morgan fingerprint density at radius 3 is 2.95 bits per heavy atom. The van der Waals surface area contributed by atoms with Gasteiger partial charge < -0.3 is 9.73 Å². The predicted molar refractivity (Wildman–Crippen MR) is 82.6 cm³/mol. The lowest BCUT2D eigenvalue weighted by Crippen LogP contribution is -2.33. The number of furan rings is 1. The van der Waals surface area contributed by atoms with Gasteiger partial charge in [-0.1, -0.05) is 18.5 Å². The normalized spacial score (nSPS) is 12.1. The fourth-order valence-electron chi connectivity index (χ4n) is 2.06. The number of carbonyl (C=O) groups excluding carboxylic acids is 1. The van der Waals surface area contributed by atoms with Gasteiger partial charge in [0.2, 0.25) is 0 Å². The Hall–Kier alpha value is -1.81. The van der Waals surface area contributed by atoms with Gasteiger partial charge in [0.15, 0.2) is 0 Å². The van der Waals surface area contributed by atoms with Crippen molar-refractivity contribution in [1.82, 2.24) is 10.3 Å². The number of amides is 1. The van der Waals surface area contributed by atoms with Crippen LogP contribution in [0.4, 0.5) is 0 Å². The van der Waals surface area contributed by atoms with Crippen molar-refractivity contribution in [3.05, 3.63) is 52.7 Å². The van der Waals surface area contributed by atoms with Gasteiger partial charge in [-0.05, 0) is 44.0 Å². The molecule has 112 valence electrons. The monoisotopic (exact) mass is 306 g/mol. The molecule has 5 heteroatoms. The van der Waals surface area contributed by atoms with Gasteiger partial charge in [-0.15, -0.1) is 0 Å². The topological polar surface area (TPSA) is 55.1 Å². The third-order valence-electron chi connectivity index (χ3n) is 3.25. The van der Waals surface area contributed by atoms with Gasteiger partial charge in [-0.3, -0.25) is 4.79 Å². The summed E-state index contributed by atoms with van der Waals surface area (Å²) in [7, 11) is 0. The summed E-state index contributed by atoms with van der Waals surface area (Å²) in [4.78, 5) is 16.4. The highest BCUT2D eigenvalue weighted by Crippen LogP contribution is 2.12. The van der Waals surface area contributed by atoms with E-state index < -0.39 is 0 Å².